The zero-order valence-electron chi connectivity index (χ0n) is 18.0. The van der Waals surface area contributed by atoms with Gasteiger partial charge in [0, 0.05) is 34.8 Å². The van der Waals surface area contributed by atoms with Crippen LogP contribution in [0.4, 0.5) is 0 Å². The van der Waals surface area contributed by atoms with Crippen molar-refractivity contribution in [2.24, 2.45) is 7.05 Å². The van der Waals surface area contributed by atoms with E-state index in [0.717, 1.165) is 38.4 Å². The quantitative estimate of drug-likeness (QED) is 0.314. The zero-order chi connectivity index (χ0) is 23.0. The Labute approximate surface area is 195 Å². The number of carboxylic acids is 1. The molecule has 0 bridgehead atoms. The molecule has 0 fully saturated rings. The molecular weight excluding hydrogens is 449 g/mol. The molecule has 0 spiro atoms. The van der Waals surface area contributed by atoms with E-state index in [-0.39, 0.29) is 5.69 Å². The monoisotopic (exact) mass is 471 g/mol. The number of aromatic carboxylic acids is 1. The molecule has 0 aliphatic carbocycles. The average Bonchev–Trinajstić information content (AvgIpc) is 3.34. The van der Waals surface area contributed by atoms with Crippen LogP contribution in [0.5, 0.6) is 5.75 Å². The third-order valence-corrected chi connectivity index (χ3v) is 6.40. The van der Waals surface area contributed by atoms with E-state index in [1.807, 2.05) is 45.3 Å². The van der Waals surface area contributed by atoms with Gasteiger partial charge in [-0.2, -0.15) is 5.10 Å². The van der Waals surface area contributed by atoms with E-state index >= 15 is 0 Å². The molecular formula is C24H23Cl2N3O3. The molecule has 2 aromatic heterocycles. The number of ether oxygens (including phenoxy) is 1. The third kappa shape index (κ3) is 4.20. The summed E-state index contributed by atoms with van der Waals surface area (Å²) in [6, 6.07) is 7.48. The third-order valence-electron chi connectivity index (χ3n) is 5.49. The van der Waals surface area contributed by atoms with Gasteiger partial charge < -0.3 is 14.8 Å². The first kappa shape index (κ1) is 22.2. The number of aryl methyl sites for hydroxylation is 4. The first-order valence-corrected chi connectivity index (χ1v) is 11.0. The lowest BCUT2D eigenvalue weighted by atomic mass is 10.0. The number of aromatic nitrogens is 3. The van der Waals surface area contributed by atoms with Crippen LogP contribution in [0.25, 0.3) is 22.0 Å². The van der Waals surface area contributed by atoms with Crippen LogP contribution in [0.1, 0.15) is 33.6 Å². The molecule has 0 saturated carbocycles. The van der Waals surface area contributed by atoms with E-state index in [0.29, 0.717) is 35.6 Å². The van der Waals surface area contributed by atoms with E-state index in [1.165, 1.54) is 0 Å². The van der Waals surface area contributed by atoms with Crippen LogP contribution < -0.4 is 4.74 Å². The number of fused-ring (bicyclic) bond motifs is 1. The molecule has 0 unspecified atom stereocenters. The van der Waals surface area contributed by atoms with E-state index in [4.69, 9.17) is 27.9 Å². The summed E-state index contributed by atoms with van der Waals surface area (Å²) < 4.78 is 7.60. The fraction of sp³-hybridized carbons (Fsp3) is 0.250. The minimum atomic E-state index is -1.02. The largest absolute Gasteiger partial charge is 0.494 e. The number of hydrogen-bond donors (Lipinski definition) is 2. The Morgan fingerprint density at radius 3 is 2.56 bits per heavy atom. The fourth-order valence-electron chi connectivity index (χ4n) is 3.99. The van der Waals surface area contributed by atoms with Crippen LogP contribution in [0.3, 0.4) is 0 Å². The van der Waals surface area contributed by atoms with Gasteiger partial charge >= 0.3 is 5.97 Å². The molecule has 6 nitrogen and oxygen atoms in total. The second-order valence-electron chi connectivity index (χ2n) is 7.85. The number of halogens is 2. The van der Waals surface area contributed by atoms with Gasteiger partial charge in [0.05, 0.1) is 23.3 Å². The van der Waals surface area contributed by atoms with Gasteiger partial charge in [-0.05, 0) is 61.6 Å². The van der Waals surface area contributed by atoms with Crippen molar-refractivity contribution in [1.82, 2.24) is 14.8 Å². The number of nitrogens with one attached hydrogen (secondary N) is 1. The molecule has 4 rings (SSSR count). The smallest absolute Gasteiger partial charge is 0.352 e. The predicted molar refractivity (Wildman–Crippen MR) is 127 cm³/mol. The van der Waals surface area contributed by atoms with Crippen LogP contribution in [-0.4, -0.2) is 32.4 Å². The Balaban J connectivity index is 1.62. The number of carboxylic acid groups (broad SMARTS) is 1. The second-order valence-corrected chi connectivity index (χ2v) is 8.64. The molecule has 166 valence electrons. The summed E-state index contributed by atoms with van der Waals surface area (Å²) in [6.07, 6.45) is 4.76. The number of nitrogens with zero attached hydrogens (tertiary/aromatic N) is 2. The Morgan fingerprint density at radius 2 is 1.94 bits per heavy atom. The first-order chi connectivity index (χ1) is 15.3. The van der Waals surface area contributed by atoms with Crippen molar-refractivity contribution in [2.75, 3.05) is 6.61 Å². The van der Waals surface area contributed by atoms with Crippen molar-refractivity contribution in [3.05, 3.63) is 69.1 Å². The summed E-state index contributed by atoms with van der Waals surface area (Å²) in [4.78, 5) is 15.1. The Morgan fingerprint density at radius 1 is 1.22 bits per heavy atom. The summed E-state index contributed by atoms with van der Waals surface area (Å²) in [5.41, 5.74) is 5.18. The fourth-order valence-corrected chi connectivity index (χ4v) is 4.37. The maximum absolute atomic E-state index is 12.0. The summed E-state index contributed by atoms with van der Waals surface area (Å²) in [7, 11) is 1.84. The van der Waals surface area contributed by atoms with Crippen LogP contribution in [0.2, 0.25) is 10.0 Å². The van der Waals surface area contributed by atoms with Crippen LogP contribution in [0.15, 0.2) is 36.7 Å². The molecule has 0 saturated heterocycles. The topological polar surface area (TPSA) is 80.1 Å². The van der Waals surface area contributed by atoms with Gasteiger partial charge in [0.15, 0.2) is 0 Å². The van der Waals surface area contributed by atoms with Gasteiger partial charge in [-0.25, -0.2) is 4.79 Å². The van der Waals surface area contributed by atoms with Gasteiger partial charge in [-0.1, -0.05) is 29.3 Å². The van der Waals surface area contributed by atoms with Gasteiger partial charge in [0.2, 0.25) is 0 Å². The Kier molecular flexibility index (Phi) is 6.17. The first-order valence-electron chi connectivity index (χ1n) is 10.2. The van der Waals surface area contributed by atoms with Crippen LogP contribution in [-0.2, 0) is 13.5 Å². The van der Waals surface area contributed by atoms with E-state index in [1.54, 1.807) is 16.9 Å². The molecule has 2 heterocycles. The maximum Gasteiger partial charge on any atom is 0.352 e. The lowest BCUT2D eigenvalue weighted by Gasteiger charge is -2.10. The molecule has 2 N–H and O–H groups in total. The molecule has 32 heavy (non-hydrogen) atoms. The van der Waals surface area contributed by atoms with Crippen molar-refractivity contribution in [3.63, 3.8) is 0 Å². The molecule has 8 heteroatoms. The molecule has 2 aromatic carbocycles. The highest BCUT2D eigenvalue weighted by Gasteiger charge is 2.21. The Bertz CT molecular complexity index is 1300. The number of benzene rings is 2. The predicted octanol–water partition coefficient (Wildman–Crippen LogP) is 6.20. The van der Waals surface area contributed by atoms with Crippen LogP contribution in [0, 0.1) is 13.8 Å². The van der Waals surface area contributed by atoms with Crippen molar-refractivity contribution in [3.8, 4) is 16.9 Å². The number of hydrogen-bond acceptors (Lipinski definition) is 3. The van der Waals surface area contributed by atoms with Gasteiger partial charge in [0.1, 0.15) is 11.4 Å². The van der Waals surface area contributed by atoms with Crippen molar-refractivity contribution in [1.29, 1.82) is 0 Å². The minimum Gasteiger partial charge on any atom is -0.494 e. The highest BCUT2D eigenvalue weighted by Crippen LogP contribution is 2.37. The maximum atomic E-state index is 12.0. The van der Waals surface area contributed by atoms with E-state index in [9.17, 15) is 9.90 Å². The minimum absolute atomic E-state index is 0.149. The van der Waals surface area contributed by atoms with Gasteiger partial charge in [-0.15, -0.1) is 0 Å². The summed E-state index contributed by atoms with van der Waals surface area (Å²) >= 11 is 12.7. The lowest BCUT2D eigenvalue weighted by Crippen LogP contribution is -2.04. The number of aromatic amines is 1. The molecule has 0 amide bonds. The van der Waals surface area contributed by atoms with Crippen molar-refractivity contribution >= 4 is 40.1 Å². The highest BCUT2D eigenvalue weighted by molar-refractivity contribution is 6.36. The van der Waals surface area contributed by atoms with Gasteiger partial charge in [-0.3, -0.25) is 4.68 Å². The number of H-pyrrole nitrogens is 1. The van der Waals surface area contributed by atoms with E-state index < -0.39 is 5.97 Å². The SMILES string of the molecule is Cc1cc(OCCCc2c(C(=O)O)[nH]c3c(-c4cnn(C)c4)ccc(Cl)c23)cc(C)c1Cl. The standard InChI is InChI=1S/C24H23Cl2N3O3/c1-13-9-16(10-14(2)21(13)26)32-8-4-5-18-20-19(25)7-6-17(15-11-27-29(3)12-15)22(20)28-23(18)24(30)31/h6-7,9-12,28H,4-5,8H2,1-3H3,(H,30,31). The normalized spacial score (nSPS) is 11.3. The lowest BCUT2D eigenvalue weighted by molar-refractivity contribution is 0.0690. The highest BCUT2D eigenvalue weighted by atomic mass is 35.5. The van der Waals surface area contributed by atoms with Crippen molar-refractivity contribution in [2.45, 2.75) is 26.7 Å². The zero-order valence-corrected chi connectivity index (χ0v) is 19.5. The average molecular weight is 472 g/mol. The van der Waals surface area contributed by atoms with Gasteiger partial charge in [0.25, 0.3) is 0 Å². The molecule has 0 atom stereocenters. The van der Waals surface area contributed by atoms with E-state index in [2.05, 4.69) is 10.1 Å². The Hall–Kier alpha value is -2.96. The number of rotatable bonds is 7. The summed E-state index contributed by atoms with van der Waals surface area (Å²) in [5, 5.41) is 16.0. The summed E-state index contributed by atoms with van der Waals surface area (Å²) in [5.74, 6) is -0.270. The van der Waals surface area contributed by atoms with Crippen LogP contribution >= 0.6 is 23.2 Å². The molecule has 0 radical (unpaired) electrons. The molecule has 0 aliphatic heterocycles. The molecule has 0 aliphatic rings. The number of carbonyl (C=O) groups is 1. The summed E-state index contributed by atoms with van der Waals surface area (Å²) in [6.45, 7) is 4.32. The van der Waals surface area contributed by atoms with Crippen molar-refractivity contribution < 1.29 is 14.6 Å². The molecule has 4 aromatic rings. The second kappa shape index (κ2) is 8.88.